The van der Waals surface area contributed by atoms with E-state index in [1.165, 1.54) is 13.2 Å². The fourth-order valence-electron chi connectivity index (χ4n) is 3.07. The molecule has 3 N–H and O–H groups in total. The standard InChI is InChI=1S/C17H21FN4O2.ClH/c1-10(16(24-2)11-5-3-4-6-13(11)18)20-17(23)15-12-9-19-8-7-14(12)21-22-15;/h3-6,10,16,19H,7-9H2,1-2H3,(H,20,23)(H,21,22);1H. The number of rotatable bonds is 5. The highest BCUT2D eigenvalue weighted by molar-refractivity contribution is 5.94. The van der Waals surface area contributed by atoms with E-state index < -0.39 is 12.1 Å². The Kier molecular flexibility index (Phi) is 6.52. The first-order chi connectivity index (χ1) is 11.6. The molecule has 0 spiro atoms. The first-order valence-corrected chi connectivity index (χ1v) is 7.96. The van der Waals surface area contributed by atoms with Crippen LogP contribution in [-0.4, -0.2) is 35.8 Å². The first-order valence-electron chi connectivity index (χ1n) is 7.96. The fourth-order valence-corrected chi connectivity index (χ4v) is 3.07. The van der Waals surface area contributed by atoms with Crippen molar-refractivity contribution in [2.24, 2.45) is 0 Å². The van der Waals surface area contributed by atoms with E-state index in [1.54, 1.807) is 25.1 Å². The molecule has 0 aliphatic carbocycles. The van der Waals surface area contributed by atoms with Gasteiger partial charge in [-0.25, -0.2) is 4.39 Å². The third-order valence-electron chi connectivity index (χ3n) is 4.30. The third kappa shape index (κ3) is 4.00. The summed E-state index contributed by atoms with van der Waals surface area (Å²) < 4.78 is 19.4. The van der Waals surface area contributed by atoms with E-state index in [4.69, 9.17) is 4.74 Å². The molecule has 1 amide bonds. The highest BCUT2D eigenvalue weighted by atomic mass is 35.5. The number of aromatic nitrogens is 2. The summed E-state index contributed by atoms with van der Waals surface area (Å²) in [7, 11) is 1.50. The Hall–Kier alpha value is -1.96. The number of benzene rings is 1. The molecule has 2 aromatic rings. The van der Waals surface area contributed by atoms with E-state index in [-0.39, 0.29) is 24.1 Å². The van der Waals surface area contributed by atoms with Crippen molar-refractivity contribution in [2.75, 3.05) is 13.7 Å². The molecule has 8 heteroatoms. The van der Waals surface area contributed by atoms with Gasteiger partial charge in [0.25, 0.3) is 5.91 Å². The molecule has 1 aromatic heterocycles. The summed E-state index contributed by atoms with van der Waals surface area (Å²) in [6.07, 6.45) is 0.240. The SMILES string of the molecule is COC(c1ccccc1F)C(C)NC(=O)c1n[nH]c2c1CNCC2.Cl. The van der Waals surface area contributed by atoms with Crippen molar-refractivity contribution in [3.05, 3.63) is 52.6 Å². The third-order valence-corrected chi connectivity index (χ3v) is 4.30. The lowest BCUT2D eigenvalue weighted by Gasteiger charge is -2.24. The second-order valence-electron chi connectivity index (χ2n) is 5.90. The second kappa shape index (κ2) is 8.42. The monoisotopic (exact) mass is 368 g/mol. The summed E-state index contributed by atoms with van der Waals surface area (Å²) in [5.74, 6) is -0.645. The summed E-state index contributed by atoms with van der Waals surface area (Å²) in [6.45, 7) is 3.27. The van der Waals surface area contributed by atoms with E-state index in [9.17, 15) is 9.18 Å². The van der Waals surface area contributed by atoms with Gasteiger partial charge in [0.15, 0.2) is 5.69 Å². The minimum Gasteiger partial charge on any atom is -0.375 e. The fraction of sp³-hybridized carbons (Fsp3) is 0.412. The summed E-state index contributed by atoms with van der Waals surface area (Å²) in [5, 5.41) is 13.2. The number of nitrogens with zero attached hydrogens (tertiary/aromatic N) is 1. The van der Waals surface area contributed by atoms with Crippen LogP contribution in [0.3, 0.4) is 0 Å². The number of hydrogen-bond donors (Lipinski definition) is 3. The van der Waals surface area contributed by atoms with E-state index in [0.717, 1.165) is 24.2 Å². The van der Waals surface area contributed by atoms with E-state index in [0.29, 0.717) is 17.8 Å². The Bertz CT molecular complexity index is 737. The van der Waals surface area contributed by atoms with E-state index in [2.05, 4.69) is 20.8 Å². The van der Waals surface area contributed by atoms with Gasteiger partial charge in [-0.15, -0.1) is 12.4 Å². The van der Waals surface area contributed by atoms with Gasteiger partial charge >= 0.3 is 0 Å². The summed E-state index contributed by atoms with van der Waals surface area (Å²) in [6, 6.07) is 5.99. The zero-order valence-electron chi connectivity index (χ0n) is 14.1. The number of carbonyl (C=O) groups is 1. The van der Waals surface area contributed by atoms with Crippen LogP contribution in [0.15, 0.2) is 24.3 Å². The number of methoxy groups -OCH3 is 1. The van der Waals surface area contributed by atoms with Crippen LogP contribution in [0.2, 0.25) is 0 Å². The summed E-state index contributed by atoms with van der Waals surface area (Å²) in [4.78, 5) is 12.6. The summed E-state index contributed by atoms with van der Waals surface area (Å²) in [5.41, 5.74) is 2.68. The maximum atomic E-state index is 14.0. The van der Waals surface area contributed by atoms with Crippen molar-refractivity contribution in [1.82, 2.24) is 20.8 Å². The minimum atomic E-state index is -0.581. The van der Waals surface area contributed by atoms with Crippen molar-refractivity contribution in [3.63, 3.8) is 0 Å². The Morgan fingerprint density at radius 3 is 2.88 bits per heavy atom. The molecule has 0 saturated heterocycles. The molecule has 1 aliphatic heterocycles. The number of hydrogen-bond acceptors (Lipinski definition) is 4. The van der Waals surface area contributed by atoms with Crippen LogP contribution in [0.5, 0.6) is 0 Å². The van der Waals surface area contributed by atoms with Crippen LogP contribution in [0, 0.1) is 5.82 Å². The van der Waals surface area contributed by atoms with Gasteiger partial charge in [-0.3, -0.25) is 9.89 Å². The molecule has 0 fully saturated rings. The Labute approximate surface area is 151 Å². The van der Waals surface area contributed by atoms with Crippen LogP contribution < -0.4 is 10.6 Å². The van der Waals surface area contributed by atoms with Gasteiger partial charge in [0.2, 0.25) is 0 Å². The Balaban J connectivity index is 0.00000225. The average Bonchev–Trinajstić information content (AvgIpc) is 3.01. The van der Waals surface area contributed by atoms with E-state index >= 15 is 0 Å². The number of carbonyl (C=O) groups excluding carboxylic acids is 1. The highest BCUT2D eigenvalue weighted by Gasteiger charge is 2.27. The smallest absolute Gasteiger partial charge is 0.272 e. The maximum Gasteiger partial charge on any atom is 0.272 e. The molecule has 2 unspecified atom stereocenters. The normalized spacial score (nSPS) is 15.6. The number of halogens is 2. The van der Waals surface area contributed by atoms with Gasteiger partial charge in [-0.05, 0) is 13.0 Å². The van der Waals surface area contributed by atoms with Crippen molar-refractivity contribution < 1.29 is 13.9 Å². The predicted octanol–water partition coefficient (Wildman–Crippen LogP) is 2.12. The van der Waals surface area contributed by atoms with Gasteiger partial charge in [0, 0.05) is 43.4 Å². The predicted molar refractivity (Wildman–Crippen MR) is 94.3 cm³/mol. The quantitative estimate of drug-likeness (QED) is 0.755. The van der Waals surface area contributed by atoms with E-state index in [1.807, 2.05) is 0 Å². The molecule has 0 bridgehead atoms. The van der Waals surface area contributed by atoms with Gasteiger partial charge in [-0.2, -0.15) is 5.10 Å². The van der Waals surface area contributed by atoms with Crippen LogP contribution >= 0.6 is 12.4 Å². The lowest BCUT2D eigenvalue weighted by molar-refractivity contribution is 0.0622. The molecular weight excluding hydrogens is 347 g/mol. The van der Waals surface area contributed by atoms with Crippen LogP contribution in [0.1, 0.15) is 40.3 Å². The number of amides is 1. The zero-order valence-corrected chi connectivity index (χ0v) is 15.0. The molecular formula is C17H22ClFN4O2. The molecule has 0 saturated carbocycles. The number of nitrogens with one attached hydrogen (secondary N) is 3. The number of fused-ring (bicyclic) bond motifs is 1. The number of ether oxygens (including phenoxy) is 1. The molecule has 1 aromatic carbocycles. The molecule has 0 radical (unpaired) electrons. The van der Waals surface area contributed by atoms with Gasteiger partial charge < -0.3 is 15.4 Å². The molecule has 6 nitrogen and oxygen atoms in total. The molecule has 2 atom stereocenters. The molecule has 1 aliphatic rings. The maximum absolute atomic E-state index is 14.0. The topological polar surface area (TPSA) is 79.0 Å². The number of H-pyrrole nitrogens is 1. The molecule has 136 valence electrons. The van der Waals surface area contributed by atoms with Crippen molar-refractivity contribution >= 4 is 18.3 Å². The number of aromatic amines is 1. The first kappa shape index (κ1) is 19.4. The Morgan fingerprint density at radius 2 is 2.16 bits per heavy atom. The summed E-state index contributed by atoms with van der Waals surface area (Å²) >= 11 is 0. The van der Waals surface area contributed by atoms with Crippen molar-refractivity contribution in [2.45, 2.75) is 32.0 Å². The highest BCUT2D eigenvalue weighted by Crippen LogP contribution is 2.24. The van der Waals surface area contributed by atoms with Crippen molar-refractivity contribution in [1.29, 1.82) is 0 Å². The second-order valence-corrected chi connectivity index (χ2v) is 5.90. The van der Waals surface area contributed by atoms with Crippen molar-refractivity contribution in [3.8, 4) is 0 Å². The van der Waals surface area contributed by atoms with Crippen LogP contribution in [0.4, 0.5) is 4.39 Å². The zero-order chi connectivity index (χ0) is 17.1. The van der Waals surface area contributed by atoms with Gasteiger partial charge in [0.1, 0.15) is 11.9 Å². The lowest BCUT2D eigenvalue weighted by atomic mass is 10.0. The molecule has 25 heavy (non-hydrogen) atoms. The largest absolute Gasteiger partial charge is 0.375 e. The molecule has 2 heterocycles. The average molecular weight is 369 g/mol. The van der Waals surface area contributed by atoms with Gasteiger partial charge in [-0.1, -0.05) is 18.2 Å². The van der Waals surface area contributed by atoms with Gasteiger partial charge in [0.05, 0.1) is 6.04 Å². The minimum absolute atomic E-state index is 0. The van der Waals surface area contributed by atoms with Crippen LogP contribution in [0.25, 0.3) is 0 Å². The lowest BCUT2D eigenvalue weighted by Crippen LogP contribution is -2.39. The molecule has 3 rings (SSSR count). The van der Waals surface area contributed by atoms with Crippen LogP contribution in [-0.2, 0) is 17.7 Å². The Morgan fingerprint density at radius 1 is 1.40 bits per heavy atom.